The standard InChI is InChI=1S/C16H18N2O2S/c1-11-6-7-12(2)13(9-11)17-15(19)10-18(3)16(20)14-5-4-8-21-14/h4-9H,10H2,1-3H3,(H,17,19). The first-order chi connectivity index (χ1) is 9.97. The van der Waals surface area contributed by atoms with Gasteiger partial charge in [0.1, 0.15) is 0 Å². The molecule has 2 amide bonds. The lowest BCUT2D eigenvalue weighted by molar-refractivity contribution is -0.116. The van der Waals surface area contributed by atoms with Crippen LogP contribution in [0.5, 0.6) is 0 Å². The van der Waals surface area contributed by atoms with Crippen LogP contribution in [0.25, 0.3) is 0 Å². The fourth-order valence-electron chi connectivity index (χ4n) is 1.94. The first kappa shape index (κ1) is 15.3. The second-order valence-electron chi connectivity index (χ2n) is 5.01. The van der Waals surface area contributed by atoms with E-state index in [1.807, 2.05) is 43.5 Å². The zero-order chi connectivity index (χ0) is 15.4. The third-order valence-corrected chi connectivity index (χ3v) is 3.98. The lowest BCUT2D eigenvalue weighted by Gasteiger charge is -2.16. The van der Waals surface area contributed by atoms with Crippen molar-refractivity contribution in [1.29, 1.82) is 0 Å². The highest BCUT2D eigenvalue weighted by Gasteiger charge is 2.16. The van der Waals surface area contributed by atoms with E-state index >= 15 is 0 Å². The number of thiophene rings is 1. The highest BCUT2D eigenvalue weighted by atomic mass is 32.1. The highest BCUT2D eigenvalue weighted by molar-refractivity contribution is 7.12. The molecule has 0 atom stereocenters. The molecule has 2 aromatic rings. The molecule has 110 valence electrons. The largest absolute Gasteiger partial charge is 0.332 e. The van der Waals surface area contributed by atoms with Gasteiger partial charge in [-0.2, -0.15) is 0 Å². The third-order valence-electron chi connectivity index (χ3n) is 3.13. The summed E-state index contributed by atoms with van der Waals surface area (Å²) in [4.78, 5) is 26.2. The zero-order valence-corrected chi connectivity index (χ0v) is 13.2. The summed E-state index contributed by atoms with van der Waals surface area (Å²) in [7, 11) is 1.63. The summed E-state index contributed by atoms with van der Waals surface area (Å²) in [5, 5.41) is 4.70. The molecule has 0 aliphatic carbocycles. The fourth-order valence-corrected chi connectivity index (χ4v) is 2.65. The molecule has 0 bridgehead atoms. The molecule has 1 heterocycles. The van der Waals surface area contributed by atoms with Crippen LogP contribution in [0.3, 0.4) is 0 Å². The maximum atomic E-state index is 12.1. The number of carbonyl (C=O) groups excluding carboxylic acids is 2. The van der Waals surface area contributed by atoms with E-state index in [1.54, 1.807) is 13.1 Å². The number of amides is 2. The van der Waals surface area contributed by atoms with E-state index < -0.39 is 0 Å². The Morgan fingerprint density at radius 2 is 2.00 bits per heavy atom. The van der Waals surface area contributed by atoms with Crippen LogP contribution in [-0.4, -0.2) is 30.3 Å². The molecule has 0 saturated heterocycles. The van der Waals surface area contributed by atoms with Gasteiger partial charge in [0.2, 0.25) is 5.91 Å². The van der Waals surface area contributed by atoms with Gasteiger partial charge in [0, 0.05) is 12.7 Å². The van der Waals surface area contributed by atoms with E-state index in [0.717, 1.165) is 16.8 Å². The van der Waals surface area contributed by atoms with Crippen molar-refractivity contribution in [2.75, 3.05) is 18.9 Å². The molecular formula is C16H18N2O2S. The Labute approximate surface area is 128 Å². The van der Waals surface area contributed by atoms with Crippen LogP contribution in [0.2, 0.25) is 0 Å². The molecule has 1 N–H and O–H groups in total. The second kappa shape index (κ2) is 6.54. The number of benzene rings is 1. The summed E-state index contributed by atoms with van der Waals surface area (Å²) >= 11 is 1.37. The summed E-state index contributed by atoms with van der Waals surface area (Å²) in [5.41, 5.74) is 2.87. The van der Waals surface area contributed by atoms with E-state index in [4.69, 9.17) is 0 Å². The molecule has 0 spiro atoms. The van der Waals surface area contributed by atoms with Crippen molar-refractivity contribution in [1.82, 2.24) is 4.90 Å². The number of aryl methyl sites for hydroxylation is 2. The third kappa shape index (κ3) is 3.92. The van der Waals surface area contributed by atoms with Gasteiger partial charge in [0.05, 0.1) is 11.4 Å². The average molecular weight is 302 g/mol. The molecule has 0 aliphatic rings. The van der Waals surface area contributed by atoms with E-state index in [2.05, 4.69) is 5.32 Å². The van der Waals surface area contributed by atoms with Gasteiger partial charge in [0.25, 0.3) is 5.91 Å². The molecule has 1 aromatic carbocycles. The van der Waals surface area contributed by atoms with Gasteiger partial charge in [-0.05, 0) is 42.5 Å². The molecule has 5 heteroatoms. The zero-order valence-electron chi connectivity index (χ0n) is 12.3. The van der Waals surface area contributed by atoms with Gasteiger partial charge >= 0.3 is 0 Å². The molecule has 4 nitrogen and oxygen atoms in total. The van der Waals surface area contributed by atoms with E-state index in [0.29, 0.717) is 4.88 Å². The Morgan fingerprint density at radius 1 is 1.24 bits per heavy atom. The van der Waals surface area contributed by atoms with Gasteiger partial charge in [-0.1, -0.05) is 18.2 Å². The van der Waals surface area contributed by atoms with Crippen molar-refractivity contribution < 1.29 is 9.59 Å². The number of likely N-dealkylation sites (N-methyl/N-ethyl adjacent to an activating group) is 1. The van der Waals surface area contributed by atoms with Crippen molar-refractivity contribution in [3.05, 3.63) is 51.7 Å². The van der Waals surface area contributed by atoms with Crippen LogP contribution < -0.4 is 5.32 Å². The lowest BCUT2D eigenvalue weighted by atomic mass is 10.1. The van der Waals surface area contributed by atoms with Gasteiger partial charge in [-0.3, -0.25) is 9.59 Å². The number of rotatable bonds is 4. The Bertz CT molecular complexity index is 650. The first-order valence-electron chi connectivity index (χ1n) is 6.63. The van der Waals surface area contributed by atoms with Gasteiger partial charge < -0.3 is 10.2 Å². The highest BCUT2D eigenvalue weighted by Crippen LogP contribution is 2.16. The van der Waals surface area contributed by atoms with E-state index in [1.165, 1.54) is 16.2 Å². The number of nitrogens with one attached hydrogen (secondary N) is 1. The van der Waals surface area contributed by atoms with Gasteiger partial charge in [-0.15, -0.1) is 11.3 Å². The summed E-state index contributed by atoms with van der Waals surface area (Å²) in [6, 6.07) is 9.46. The minimum Gasteiger partial charge on any atom is -0.332 e. The van der Waals surface area contributed by atoms with E-state index in [-0.39, 0.29) is 18.4 Å². The molecular weight excluding hydrogens is 284 g/mol. The van der Waals surface area contributed by atoms with Crippen molar-refractivity contribution >= 4 is 28.8 Å². The van der Waals surface area contributed by atoms with Crippen molar-refractivity contribution in [2.24, 2.45) is 0 Å². The SMILES string of the molecule is Cc1ccc(C)c(NC(=O)CN(C)C(=O)c2cccs2)c1. The lowest BCUT2D eigenvalue weighted by Crippen LogP contribution is -2.34. The van der Waals surface area contributed by atoms with Crippen molar-refractivity contribution in [3.63, 3.8) is 0 Å². The minimum absolute atomic E-state index is 0.0319. The molecule has 0 aliphatic heterocycles. The number of anilines is 1. The maximum Gasteiger partial charge on any atom is 0.264 e. The molecule has 1 aromatic heterocycles. The summed E-state index contributed by atoms with van der Waals surface area (Å²) in [6.45, 7) is 3.95. The maximum absolute atomic E-state index is 12.1. The fraction of sp³-hybridized carbons (Fsp3) is 0.250. The molecule has 2 rings (SSSR count). The summed E-state index contributed by atoms with van der Waals surface area (Å²) in [6.07, 6.45) is 0. The topological polar surface area (TPSA) is 49.4 Å². The monoisotopic (exact) mass is 302 g/mol. The molecule has 0 unspecified atom stereocenters. The Morgan fingerprint density at radius 3 is 2.67 bits per heavy atom. The number of hydrogen-bond acceptors (Lipinski definition) is 3. The summed E-state index contributed by atoms with van der Waals surface area (Å²) < 4.78 is 0. The molecule has 0 saturated carbocycles. The normalized spacial score (nSPS) is 10.2. The number of nitrogens with zero attached hydrogens (tertiary/aromatic N) is 1. The van der Waals surface area contributed by atoms with E-state index in [9.17, 15) is 9.59 Å². The van der Waals surface area contributed by atoms with Crippen LogP contribution in [0.4, 0.5) is 5.69 Å². The Hall–Kier alpha value is -2.14. The van der Waals surface area contributed by atoms with Crippen LogP contribution in [0.1, 0.15) is 20.8 Å². The molecule has 21 heavy (non-hydrogen) atoms. The second-order valence-corrected chi connectivity index (χ2v) is 5.95. The van der Waals surface area contributed by atoms with Crippen LogP contribution in [0.15, 0.2) is 35.7 Å². The van der Waals surface area contributed by atoms with Gasteiger partial charge in [0.15, 0.2) is 0 Å². The predicted molar refractivity (Wildman–Crippen MR) is 85.8 cm³/mol. The van der Waals surface area contributed by atoms with Crippen LogP contribution in [-0.2, 0) is 4.79 Å². The Balaban J connectivity index is 1.98. The summed E-state index contributed by atoms with van der Waals surface area (Å²) in [5.74, 6) is -0.336. The van der Waals surface area contributed by atoms with Crippen LogP contribution >= 0.6 is 11.3 Å². The number of carbonyl (C=O) groups is 2. The van der Waals surface area contributed by atoms with Crippen molar-refractivity contribution in [2.45, 2.75) is 13.8 Å². The minimum atomic E-state index is -0.198. The predicted octanol–water partition coefficient (Wildman–Crippen LogP) is 3.08. The van der Waals surface area contributed by atoms with Crippen LogP contribution in [0, 0.1) is 13.8 Å². The molecule has 0 radical (unpaired) electrons. The average Bonchev–Trinajstić information content (AvgIpc) is 2.96. The molecule has 0 fully saturated rings. The quantitative estimate of drug-likeness (QED) is 0.943. The van der Waals surface area contributed by atoms with Crippen molar-refractivity contribution in [3.8, 4) is 0 Å². The number of hydrogen-bond donors (Lipinski definition) is 1. The Kier molecular flexibility index (Phi) is 4.75. The first-order valence-corrected chi connectivity index (χ1v) is 7.51. The smallest absolute Gasteiger partial charge is 0.264 e. The van der Waals surface area contributed by atoms with Gasteiger partial charge in [-0.25, -0.2) is 0 Å².